The van der Waals surface area contributed by atoms with Gasteiger partial charge in [-0.05, 0) is 60.9 Å². The molecule has 30 heavy (non-hydrogen) atoms. The highest BCUT2D eigenvalue weighted by atomic mass is 15.1. The number of hydrogen-bond acceptors (Lipinski definition) is 3. The van der Waals surface area contributed by atoms with Crippen molar-refractivity contribution < 1.29 is 0 Å². The monoisotopic (exact) mass is 395 g/mol. The second kappa shape index (κ2) is 8.25. The molecule has 0 fully saturated rings. The van der Waals surface area contributed by atoms with Gasteiger partial charge in [-0.1, -0.05) is 32.2 Å². The van der Waals surface area contributed by atoms with Crippen molar-refractivity contribution in [2.24, 2.45) is 0 Å². The third-order valence-electron chi connectivity index (χ3n) is 5.16. The molecule has 3 heterocycles. The normalized spacial score (nSPS) is 12.5. The lowest BCUT2D eigenvalue weighted by molar-refractivity contribution is 0.921. The molecule has 4 aromatic rings. The molecule has 3 N–H and O–H groups in total. The molecule has 0 aliphatic rings. The van der Waals surface area contributed by atoms with E-state index in [-0.39, 0.29) is 0 Å². The van der Waals surface area contributed by atoms with Crippen molar-refractivity contribution in [1.82, 2.24) is 25.5 Å². The van der Waals surface area contributed by atoms with Crippen molar-refractivity contribution >= 4 is 27.4 Å². The number of nitrogens with one attached hydrogen (secondary N) is 3. The van der Waals surface area contributed by atoms with Gasteiger partial charge in [-0.2, -0.15) is 5.10 Å². The first-order valence-electron chi connectivity index (χ1n) is 9.99. The molecule has 0 atom stereocenters. The Bertz CT molecular complexity index is 1270. The zero-order chi connectivity index (χ0) is 21.1. The van der Waals surface area contributed by atoms with Gasteiger partial charge in [0.1, 0.15) is 5.69 Å². The number of hydrogen-bond donors (Lipinski definition) is 3. The van der Waals surface area contributed by atoms with Gasteiger partial charge in [-0.3, -0.25) is 10.1 Å². The Morgan fingerprint density at radius 3 is 2.80 bits per heavy atom. The standard InChI is InChI=1S/C25H25N5/c1-5-16(4)27-20(7-3)12-17(6-2)18-8-9-23-21(13-18)25(30-29-23)24-14-19-15-26-11-10-22(19)28-24/h6-15,27-28H,3-5H2,1-2H3,(H,29,30)/b17-6+,20-12+. The number of pyridine rings is 1. The molecule has 0 saturated heterocycles. The van der Waals surface area contributed by atoms with Crippen LogP contribution in [0.5, 0.6) is 0 Å². The topological polar surface area (TPSA) is 69.4 Å². The Morgan fingerprint density at radius 1 is 1.20 bits per heavy atom. The third kappa shape index (κ3) is 3.70. The number of benzene rings is 1. The molecule has 0 radical (unpaired) electrons. The van der Waals surface area contributed by atoms with E-state index in [9.17, 15) is 0 Å². The van der Waals surface area contributed by atoms with Crippen LogP contribution in [0.2, 0.25) is 0 Å². The summed E-state index contributed by atoms with van der Waals surface area (Å²) in [6.45, 7) is 12.1. The second-order valence-corrected chi connectivity index (χ2v) is 7.11. The molecular formula is C25H25N5. The molecule has 1 aromatic carbocycles. The lowest BCUT2D eigenvalue weighted by atomic mass is 10.0. The largest absolute Gasteiger partial charge is 0.359 e. The molecule has 0 aliphatic carbocycles. The summed E-state index contributed by atoms with van der Waals surface area (Å²) in [5, 5.41) is 13.1. The van der Waals surface area contributed by atoms with Crippen LogP contribution in [0.15, 0.2) is 85.5 Å². The lowest BCUT2D eigenvalue weighted by Gasteiger charge is -2.10. The molecule has 3 aromatic heterocycles. The number of fused-ring (bicyclic) bond motifs is 2. The van der Waals surface area contributed by atoms with Gasteiger partial charge >= 0.3 is 0 Å². The SMILES string of the molecule is C=C/C(=C\C(=C/C)c1ccc2[nH]nc(-c3cc4cnccc4[nH]3)c2c1)NC(=C)CC. The molecule has 0 spiro atoms. The molecule has 5 heteroatoms. The Balaban J connectivity index is 1.76. The minimum Gasteiger partial charge on any atom is -0.359 e. The summed E-state index contributed by atoms with van der Waals surface area (Å²) >= 11 is 0. The van der Waals surface area contributed by atoms with Crippen LogP contribution in [0.3, 0.4) is 0 Å². The quantitative estimate of drug-likeness (QED) is 0.332. The van der Waals surface area contributed by atoms with Crippen molar-refractivity contribution in [3.05, 3.63) is 91.1 Å². The summed E-state index contributed by atoms with van der Waals surface area (Å²) in [6, 6.07) is 10.4. The van der Waals surface area contributed by atoms with E-state index in [1.54, 1.807) is 6.20 Å². The maximum absolute atomic E-state index is 4.56. The molecule has 4 rings (SSSR count). The van der Waals surface area contributed by atoms with Gasteiger partial charge in [0.2, 0.25) is 0 Å². The van der Waals surface area contributed by atoms with Gasteiger partial charge in [0, 0.05) is 40.1 Å². The highest BCUT2D eigenvalue weighted by Crippen LogP contribution is 2.31. The minimum atomic E-state index is 0.862. The highest BCUT2D eigenvalue weighted by Gasteiger charge is 2.12. The van der Waals surface area contributed by atoms with Crippen LogP contribution >= 0.6 is 0 Å². The lowest BCUT2D eigenvalue weighted by Crippen LogP contribution is -2.09. The zero-order valence-electron chi connectivity index (χ0n) is 17.3. The zero-order valence-corrected chi connectivity index (χ0v) is 17.3. The summed E-state index contributed by atoms with van der Waals surface area (Å²) in [6.07, 6.45) is 10.5. The number of nitrogens with zero attached hydrogens (tertiary/aromatic N) is 2. The van der Waals surface area contributed by atoms with Crippen LogP contribution in [0.4, 0.5) is 0 Å². The van der Waals surface area contributed by atoms with Gasteiger partial charge in [-0.25, -0.2) is 0 Å². The Morgan fingerprint density at radius 2 is 2.07 bits per heavy atom. The second-order valence-electron chi connectivity index (χ2n) is 7.11. The molecule has 0 aliphatic heterocycles. The first-order valence-corrected chi connectivity index (χ1v) is 9.99. The summed E-state index contributed by atoms with van der Waals surface area (Å²) in [7, 11) is 0. The number of rotatable bonds is 7. The maximum atomic E-state index is 4.56. The molecule has 150 valence electrons. The Labute approximate surface area is 175 Å². The third-order valence-corrected chi connectivity index (χ3v) is 5.16. The van der Waals surface area contributed by atoms with Crippen molar-refractivity contribution in [3.8, 4) is 11.4 Å². The van der Waals surface area contributed by atoms with Crippen molar-refractivity contribution in [1.29, 1.82) is 0 Å². The van der Waals surface area contributed by atoms with Crippen molar-refractivity contribution in [2.45, 2.75) is 20.3 Å². The molecule has 5 nitrogen and oxygen atoms in total. The number of H-pyrrole nitrogens is 2. The first kappa shape index (κ1) is 19.5. The van der Waals surface area contributed by atoms with Gasteiger partial charge in [0.05, 0.1) is 11.2 Å². The van der Waals surface area contributed by atoms with Gasteiger partial charge in [0.25, 0.3) is 0 Å². The van der Waals surface area contributed by atoms with Crippen molar-refractivity contribution in [2.75, 3.05) is 0 Å². The number of aromatic amines is 2. The fourth-order valence-corrected chi connectivity index (χ4v) is 3.44. The number of allylic oxidation sites excluding steroid dienone is 5. The predicted molar refractivity (Wildman–Crippen MR) is 126 cm³/mol. The van der Waals surface area contributed by atoms with Crippen LogP contribution in [-0.2, 0) is 0 Å². The maximum Gasteiger partial charge on any atom is 0.116 e. The summed E-state index contributed by atoms with van der Waals surface area (Å²) < 4.78 is 0. The smallest absolute Gasteiger partial charge is 0.116 e. The van der Waals surface area contributed by atoms with Gasteiger partial charge in [-0.15, -0.1) is 0 Å². The van der Waals surface area contributed by atoms with E-state index in [1.807, 2.05) is 25.3 Å². The van der Waals surface area contributed by atoms with E-state index >= 15 is 0 Å². The van der Waals surface area contributed by atoms with Gasteiger partial charge < -0.3 is 10.3 Å². The number of aromatic nitrogens is 4. The fraction of sp³-hybridized carbons (Fsp3) is 0.120. The molecule has 0 bridgehead atoms. The van der Waals surface area contributed by atoms with Crippen LogP contribution in [0.25, 0.3) is 38.8 Å². The van der Waals surface area contributed by atoms with E-state index in [1.165, 1.54) is 0 Å². The summed E-state index contributed by atoms with van der Waals surface area (Å²) in [5.74, 6) is 0. The minimum absolute atomic E-state index is 0.862. The van der Waals surface area contributed by atoms with Crippen LogP contribution in [0.1, 0.15) is 25.8 Å². The van der Waals surface area contributed by atoms with Crippen LogP contribution < -0.4 is 5.32 Å². The average Bonchev–Trinajstić information content (AvgIpc) is 3.39. The molecule has 0 saturated carbocycles. The Hall–Kier alpha value is -3.86. The molecular weight excluding hydrogens is 370 g/mol. The van der Waals surface area contributed by atoms with Crippen LogP contribution in [-0.4, -0.2) is 20.2 Å². The van der Waals surface area contributed by atoms with Crippen LogP contribution in [0, 0.1) is 0 Å². The van der Waals surface area contributed by atoms with E-state index in [0.29, 0.717) is 0 Å². The highest BCUT2D eigenvalue weighted by molar-refractivity contribution is 5.97. The van der Waals surface area contributed by atoms with E-state index in [2.05, 4.69) is 82.0 Å². The van der Waals surface area contributed by atoms with Gasteiger partial charge in [0.15, 0.2) is 0 Å². The van der Waals surface area contributed by atoms with E-state index < -0.39 is 0 Å². The molecule has 0 amide bonds. The summed E-state index contributed by atoms with van der Waals surface area (Å²) in [4.78, 5) is 7.64. The fourth-order valence-electron chi connectivity index (χ4n) is 3.44. The summed E-state index contributed by atoms with van der Waals surface area (Å²) in [5.41, 5.74) is 7.97. The molecule has 0 unspecified atom stereocenters. The first-order chi connectivity index (χ1) is 14.6. The van der Waals surface area contributed by atoms with E-state index in [4.69, 9.17) is 0 Å². The van der Waals surface area contributed by atoms with E-state index in [0.717, 1.165) is 62.1 Å². The Kier molecular flexibility index (Phi) is 5.35. The predicted octanol–water partition coefficient (Wildman–Crippen LogP) is 6.09. The average molecular weight is 396 g/mol. The van der Waals surface area contributed by atoms with Crippen molar-refractivity contribution in [3.63, 3.8) is 0 Å².